The lowest BCUT2D eigenvalue weighted by molar-refractivity contribution is -0.137. The van der Waals surface area contributed by atoms with Crippen LogP contribution in [0.5, 0.6) is 0 Å². The smallest absolute Gasteiger partial charge is 0.304 e. The Morgan fingerprint density at radius 1 is 1.40 bits per heavy atom. The Balaban J connectivity index is 2.87. The Kier molecular flexibility index (Phi) is 7.13. The van der Waals surface area contributed by atoms with Crippen molar-refractivity contribution in [2.24, 2.45) is 0 Å². The number of carboxylic acid groups (broad SMARTS) is 1. The van der Waals surface area contributed by atoms with E-state index in [-0.39, 0.29) is 12.5 Å². The highest BCUT2D eigenvalue weighted by atomic mass is 32.2. The average Bonchev–Trinajstić information content (AvgIpc) is 2.46. The van der Waals surface area contributed by atoms with E-state index in [0.717, 1.165) is 23.4 Å². The molecule has 1 rings (SSSR count). The van der Waals surface area contributed by atoms with E-state index in [0.29, 0.717) is 6.54 Å². The number of aliphatic carboxylic acids is 1. The van der Waals surface area contributed by atoms with Gasteiger partial charge in [-0.25, -0.2) is 0 Å². The summed E-state index contributed by atoms with van der Waals surface area (Å²) in [6, 6.07) is 9.79. The zero-order chi connectivity index (χ0) is 15.0. The maximum atomic E-state index is 10.7. The predicted octanol–water partition coefficient (Wildman–Crippen LogP) is 3.16. The van der Waals surface area contributed by atoms with Crippen molar-refractivity contribution < 1.29 is 9.90 Å². The van der Waals surface area contributed by atoms with Crippen LogP contribution in [-0.4, -0.2) is 35.3 Å². The van der Waals surface area contributed by atoms with Crippen LogP contribution in [-0.2, 0) is 4.79 Å². The van der Waals surface area contributed by atoms with Gasteiger partial charge >= 0.3 is 5.97 Å². The molecule has 20 heavy (non-hydrogen) atoms. The molecular weight excluding hydrogens is 272 g/mol. The van der Waals surface area contributed by atoms with Crippen molar-refractivity contribution in [3.8, 4) is 6.07 Å². The van der Waals surface area contributed by atoms with Crippen molar-refractivity contribution in [2.75, 3.05) is 19.3 Å². The Morgan fingerprint density at radius 3 is 2.50 bits per heavy atom. The first kappa shape index (κ1) is 16.5. The van der Waals surface area contributed by atoms with Crippen LogP contribution in [0.15, 0.2) is 29.2 Å². The summed E-state index contributed by atoms with van der Waals surface area (Å²) in [5.41, 5.74) is 0.920. The molecule has 1 aromatic carbocycles. The summed E-state index contributed by atoms with van der Waals surface area (Å²) in [4.78, 5) is 13.8. The zero-order valence-corrected chi connectivity index (χ0v) is 12.7. The van der Waals surface area contributed by atoms with Gasteiger partial charge in [0.15, 0.2) is 0 Å². The molecule has 1 atom stereocenters. The van der Waals surface area contributed by atoms with Crippen LogP contribution < -0.4 is 0 Å². The van der Waals surface area contributed by atoms with Gasteiger partial charge in [0.1, 0.15) is 6.04 Å². The maximum Gasteiger partial charge on any atom is 0.304 e. The second kappa shape index (κ2) is 8.62. The number of hydrogen-bond donors (Lipinski definition) is 1. The number of rotatable bonds is 8. The number of thioether (sulfide) groups is 1. The molecule has 108 valence electrons. The molecule has 0 saturated carbocycles. The SMILES string of the molecule is CCCN(CCC(=O)O)C(C#N)c1ccc(SC)cc1. The Morgan fingerprint density at radius 2 is 2.05 bits per heavy atom. The molecule has 0 radical (unpaired) electrons. The fourth-order valence-electron chi connectivity index (χ4n) is 2.05. The summed E-state index contributed by atoms with van der Waals surface area (Å²) < 4.78 is 0. The number of benzene rings is 1. The summed E-state index contributed by atoms with van der Waals surface area (Å²) in [6.07, 6.45) is 2.95. The summed E-state index contributed by atoms with van der Waals surface area (Å²) in [6.45, 7) is 3.14. The van der Waals surface area contributed by atoms with E-state index in [1.807, 2.05) is 42.3 Å². The largest absolute Gasteiger partial charge is 0.481 e. The van der Waals surface area contributed by atoms with Crippen molar-refractivity contribution in [1.29, 1.82) is 5.26 Å². The number of nitriles is 1. The molecule has 0 fully saturated rings. The van der Waals surface area contributed by atoms with Crippen LogP contribution in [0.25, 0.3) is 0 Å². The Labute approximate surface area is 124 Å². The lowest BCUT2D eigenvalue weighted by atomic mass is 10.1. The molecule has 0 amide bonds. The first-order valence-electron chi connectivity index (χ1n) is 6.61. The summed E-state index contributed by atoms with van der Waals surface area (Å²) in [5, 5.41) is 18.2. The molecule has 1 aromatic rings. The molecular formula is C15H20N2O2S. The fraction of sp³-hybridized carbons (Fsp3) is 0.467. The topological polar surface area (TPSA) is 64.3 Å². The second-order valence-electron chi connectivity index (χ2n) is 4.48. The monoisotopic (exact) mass is 292 g/mol. The van der Waals surface area contributed by atoms with Gasteiger partial charge in [-0.1, -0.05) is 19.1 Å². The average molecular weight is 292 g/mol. The fourth-order valence-corrected chi connectivity index (χ4v) is 2.46. The van der Waals surface area contributed by atoms with Gasteiger partial charge in [0.05, 0.1) is 12.5 Å². The van der Waals surface area contributed by atoms with Crippen LogP contribution >= 0.6 is 11.8 Å². The van der Waals surface area contributed by atoms with Crippen molar-refractivity contribution >= 4 is 17.7 Å². The van der Waals surface area contributed by atoms with Gasteiger partial charge in [0.25, 0.3) is 0 Å². The molecule has 0 heterocycles. The minimum absolute atomic E-state index is 0.0566. The molecule has 0 aliphatic heterocycles. The quantitative estimate of drug-likeness (QED) is 0.746. The van der Waals surface area contributed by atoms with Gasteiger partial charge in [0.2, 0.25) is 0 Å². The van der Waals surface area contributed by atoms with Crippen molar-refractivity contribution in [2.45, 2.75) is 30.7 Å². The number of nitrogens with zero attached hydrogens (tertiary/aromatic N) is 2. The summed E-state index contributed by atoms with van der Waals surface area (Å²) >= 11 is 1.66. The van der Waals surface area contributed by atoms with Gasteiger partial charge in [-0.3, -0.25) is 9.69 Å². The predicted molar refractivity (Wildman–Crippen MR) is 80.7 cm³/mol. The van der Waals surface area contributed by atoms with Gasteiger partial charge in [-0.05, 0) is 36.9 Å². The lowest BCUT2D eigenvalue weighted by Gasteiger charge is -2.26. The van der Waals surface area contributed by atoms with Gasteiger partial charge < -0.3 is 5.11 Å². The van der Waals surface area contributed by atoms with Crippen LogP contribution in [0.2, 0.25) is 0 Å². The summed E-state index contributed by atoms with van der Waals surface area (Å²) in [5.74, 6) is -0.833. The van der Waals surface area contributed by atoms with E-state index < -0.39 is 5.97 Å². The van der Waals surface area contributed by atoms with Crippen LogP contribution in [0.1, 0.15) is 31.4 Å². The third-order valence-electron chi connectivity index (χ3n) is 3.04. The minimum Gasteiger partial charge on any atom is -0.481 e. The van der Waals surface area contributed by atoms with E-state index in [4.69, 9.17) is 5.11 Å². The van der Waals surface area contributed by atoms with Crippen molar-refractivity contribution in [1.82, 2.24) is 4.90 Å². The number of carboxylic acids is 1. The minimum atomic E-state index is -0.833. The molecule has 0 saturated heterocycles. The molecule has 0 aliphatic rings. The Hall–Kier alpha value is -1.51. The van der Waals surface area contributed by atoms with E-state index in [1.165, 1.54) is 0 Å². The molecule has 0 aromatic heterocycles. The Bertz CT molecular complexity index is 468. The number of hydrogen-bond acceptors (Lipinski definition) is 4. The van der Waals surface area contributed by atoms with E-state index in [9.17, 15) is 10.1 Å². The van der Waals surface area contributed by atoms with Crippen LogP contribution in [0.3, 0.4) is 0 Å². The molecule has 1 N–H and O–H groups in total. The molecule has 0 aliphatic carbocycles. The van der Waals surface area contributed by atoms with E-state index in [1.54, 1.807) is 11.8 Å². The van der Waals surface area contributed by atoms with Crippen molar-refractivity contribution in [3.63, 3.8) is 0 Å². The van der Waals surface area contributed by atoms with Crippen molar-refractivity contribution in [3.05, 3.63) is 29.8 Å². The van der Waals surface area contributed by atoms with E-state index in [2.05, 4.69) is 6.07 Å². The lowest BCUT2D eigenvalue weighted by Crippen LogP contribution is -2.31. The third kappa shape index (κ3) is 4.87. The molecule has 4 nitrogen and oxygen atoms in total. The molecule has 5 heteroatoms. The van der Waals surface area contributed by atoms with E-state index >= 15 is 0 Å². The molecule has 1 unspecified atom stereocenters. The highest BCUT2D eigenvalue weighted by Crippen LogP contribution is 2.23. The maximum absolute atomic E-state index is 10.7. The van der Waals surface area contributed by atoms with Crippen LogP contribution in [0, 0.1) is 11.3 Å². The molecule has 0 bridgehead atoms. The standard InChI is InChI=1S/C15H20N2O2S/c1-3-9-17(10-8-15(18)19)14(11-16)12-4-6-13(20-2)7-5-12/h4-7,14H,3,8-10H2,1-2H3,(H,18,19). The van der Waals surface area contributed by atoms with Gasteiger partial charge in [-0.2, -0.15) is 5.26 Å². The highest BCUT2D eigenvalue weighted by Gasteiger charge is 2.20. The normalized spacial score (nSPS) is 12.1. The first-order valence-corrected chi connectivity index (χ1v) is 7.84. The molecule has 0 spiro atoms. The van der Waals surface area contributed by atoms with Gasteiger partial charge in [0, 0.05) is 11.4 Å². The third-order valence-corrected chi connectivity index (χ3v) is 3.79. The highest BCUT2D eigenvalue weighted by molar-refractivity contribution is 7.98. The van der Waals surface area contributed by atoms with Crippen LogP contribution in [0.4, 0.5) is 0 Å². The second-order valence-corrected chi connectivity index (χ2v) is 5.36. The first-order chi connectivity index (χ1) is 9.62. The van der Waals surface area contributed by atoms with Gasteiger partial charge in [-0.15, -0.1) is 11.8 Å². The summed E-state index contributed by atoms with van der Waals surface area (Å²) in [7, 11) is 0. The number of carbonyl (C=O) groups is 1. The zero-order valence-electron chi connectivity index (χ0n) is 11.9.